The molecule has 0 saturated carbocycles. The Kier molecular flexibility index (Phi) is 6.17. The van der Waals surface area contributed by atoms with Gasteiger partial charge in [-0.05, 0) is 6.92 Å². The van der Waals surface area contributed by atoms with Gasteiger partial charge in [-0.25, -0.2) is 14.8 Å². The molecule has 0 bridgehead atoms. The van der Waals surface area contributed by atoms with E-state index in [0.29, 0.717) is 30.4 Å². The van der Waals surface area contributed by atoms with Crippen LogP contribution >= 0.6 is 0 Å². The molecule has 1 heterocycles. The topological polar surface area (TPSA) is 82.6 Å². The summed E-state index contributed by atoms with van der Waals surface area (Å²) in [6.07, 6.45) is 1.31. The predicted octanol–water partition coefficient (Wildman–Crippen LogP) is 0.645. The van der Waals surface area contributed by atoms with Crippen LogP contribution in [-0.4, -0.2) is 56.5 Å². The van der Waals surface area contributed by atoms with Crippen molar-refractivity contribution in [3.8, 4) is 0 Å². The van der Waals surface area contributed by atoms with E-state index in [1.807, 2.05) is 0 Å². The van der Waals surface area contributed by atoms with Gasteiger partial charge in [-0.3, -0.25) is 0 Å². The number of ether oxygens (including phenoxy) is 3. The summed E-state index contributed by atoms with van der Waals surface area (Å²) in [5.74, 6) is 0.511. The molecule has 0 amide bonds. The number of hydrogen-bond acceptors (Lipinski definition) is 7. The molecule has 0 aromatic carbocycles. The highest BCUT2D eigenvalue weighted by molar-refractivity contribution is 5.94. The number of nitrogens with zero attached hydrogens (tertiary/aromatic N) is 2. The Labute approximate surface area is 112 Å². The molecule has 1 atom stereocenters. The second-order valence-electron chi connectivity index (χ2n) is 3.87. The third-order valence-electron chi connectivity index (χ3n) is 2.50. The second kappa shape index (κ2) is 7.65. The molecule has 7 nitrogen and oxygen atoms in total. The van der Waals surface area contributed by atoms with Crippen LogP contribution in [0.5, 0.6) is 0 Å². The van der Waals surface area contributed by atoms with Crippen molar-refractivity contribution in [1.29, 1.82) is 0 Å². The fourth-order valence-corrected chi connectivity index (χ4v) is 1.47. The lowest BCUT2D eigenvalue weighted by Crippen LogP contribution is -2.27. The molecule has 0 fully saturated rings. The molecule has 1 aromatic heterocycles. The fraction of sp³-hybridized carbons (Fsp3) is 0.583. The number of carbonyl (C=O) groups is 1. The lowest BCUT2D eigenvalue weighted by molar-refractivity contribution is 0.0364. The van der Waals surface area contributed by atoms with E-state index in [9.17, 15) is 4.79 Å². The molecular weight excluding hydrogens is 250 g/mol. The van der Waals surface area contributed by atoms with E-state index in [0.717, 1.165) is 0 Å². The maximum atomic E-state index is 11.6. The van der Waals surface area contributed by atoms with Gasteiger partial charge in [-0.2, -0.15) is 0 Å². The summed E-state index contributed by atoms with van der Waals surface area (Å²) >= 11 is 0. The van der Waals surface area contributed by atoms with Gasteiger partial charge in [0, 0.05) is 27.0 Å². The first-order valence-corrected chi connectivity index (χ1v) is 5.80. The Bertz CT molecular complexity index is 425. The van der Waals surface area contributed by atoms with Gasteiger partial charge >= 0.3 is 5.97 Å². The minimum absolute atomic E-state index is 0.134. The Hall–Kier alpha value is -1.73. The van der Waals surface area contributed by atoms with Gasteiger partial charge in [0.2, 0.25) is 0 Å². The van der Waals surface area contributed by atoms with Crippen molar-refractivity contribution in [3.63, 3.8) is 0 Å². The van der Waals surface area contributed by atoms with Crippen molar-refractivity contribution in [2.75, 3.05) is 39.8 Å². The first-order valence-electron chi connectivity index (χ1n) is 5.80. The lowest BCUT2D eigenvalue weighted by Gasteiger charge is -2.16. The summed E-state index contributed by atoms with van der Waals surface area (Å²) in [6, 6.07) is 0. The average Bonchev–Trinajstić information content (AvgIpc) is 2.42. The molecule has 0 spiro atoms. The number of rotatable bonds is 7. The summed E-state index contributed by atoms with van der Waals surface area (Å²) < 4.78 is 14.9. The molecule has 1 rings (SSSR count). The first kappa shape index (κ1) is 15.3. The number of aromatic nitrogens is 2. The van der Waals surface area contributed by atoms with E-state index in [4.69, 9.17) is 9.47 Å². The van der Waals surface area contributed by atoms with Crippen LogP contribution in [0.3, 0.4) is 0 Å². The lowest BCUT2D eigenvalue weighted by atomic mass is 10.3. The van der Waals surface area contributed by atoms with Crippen molar-refractivity contribution in [3.05, 3.63) is 17.6 Å². The van der Waals surface area contributed by atoms with Crippen LogP contribution in [0.2, 0.25) is 0 Å². The Balaban J connectivity index is 2.80. The average molecular weight is 269 g/mol. The van der Waals surface area contributed by atoms with E-state index in [2.05, 4.69) is 20.0 Å². The Morgan fingerprint density at radius 1 is 1.42 bits per heavy atom. The van der Waals surface area contributed by atoms with Gasteiger partial charge < -0.3 is 19.5 Å². The summed E-state index contributed by atoms with van der Waals surface area (Å²) in [6.45, 7) is 2.65. The largest absolute Gasteiger partial charge is 0.465 e. The minimum Gasteiger partial charge on any atom is -0.465 e. The van der Waals surface area contributed by atoms with Crippen molar-refractivity contribution < 1.29 is 19.0 Å². The summed E-state index contributed by atoms with van der Waals surface area (Å²) in [5.41, 5.74) is 0.292. The first-order chi connectivity index (χ1) is 9.12. The molecule has 1 unspecified atom stereocenters. The van der Waals surface area contributed by atoms with Crippen LogP contribution in [0.1, 0.15) is 16.2 Å². The van der Waals surface area contributed by atoms with Crippen LogP contribution in [-0.2, 0) is 14.2 Å². The summed E-state index contributed by atoms with van der Waals surface area (Å²) in [7, 11) is 4.51. The Morgan fingerprint density at radius 2 is 2.16 bits per heavy atom. The smallest absolute Gasteiger partial charge is 0.343 e. The molecule has 0 saturated heterocycles. The highest BCUT2D eigenvalue weighted by Gasteiger charge is 2.15. The number of nitrogens with one attached hydrogen (secondary N) is 1. The molecule has 0 aliphatic rings. The highest BCUT2D eigenvalue weighted by Crippen LogP contribution is 2.13. The summed E-state index contributed by atoms with van der Waals surface area (Å²) in [4.78, 5) is 19.8. The van der Waals surface area contributed by atoms with Crippen molar-refractivity contribution in [1.82, 2.24) is 9.97 Å². The standard InChI is InChI=1S/C12H19N3O4/c1-8-13-6-10(12(16)19-4)11(15-8)14-5-9(18-3)7-17-2/h6,9H,5,7H2,1-4H3,(H,13,14,15). The van der Waals surface area contributed by atoms with E-state index >= 15 is 0 Å². The van der Waals surface area contributed by atoms with Crippen molar-refractivity contribution in [2.24, 2.45) is 0 Å². The van der Waals surface area contributed by atoms with E-state index in [1.165, 1.54) is 13.3 Å². The molecular formula is C12H19N3O4. The summed E-state index contributed by atoms with van der Waals surface area (Å²) in [5, 5.41) is 3.05. The molecule has 0 radical (unpaired) electrons. The van der Waals surface area contributed by atoms with Crippen LogP contribution in [0.4, 0.5) is 5.82 Å². The van der Waals surface area contributed by atoms with Gasteiger partial charge in [0.25, 0.3) is 0 Å². The van der Waals surface area contributed by atoms with Crippen LogP contribution in [0, 0.1) is 6.92 Å². The fourth-order valence-electron chi connectivity index (χ4n) is 1.47. The van der Waals surface area contributed by atoms with E-state index in [1.54, 1.807) is 21.1 Å². The van der Waals surface area contributed by atoms with Crippen molar-refractivity contribution in [2.45, 2.75) is 13.0 Å². The van der Waals surface area contributed by atoms with Gasteiger partial charge in [-0.15, -0.1) is 0 Å². The second-order valence-corrected chi connectivity index (χ2v) is 3.87. The normalized spacial score (nSPS) is 12.0. The molecule has 0 aliphatic heterocycles. The van der Waals surface area contributed by atoms with Gasteiger partial charge in [0.1, 0.15) is 17.2 Å². The number of methoxy groups -OCH3 is 3. The number of carbonyl (C=O) groups excluding carboxylic acids is 1. The molecule has 0 aliphatic carbocycles. The quantitative estimate of drug-likeness (QED) is 0.727. The Morgan fingerprint density at radius 3 is 2.74 bits per heavy atom. The zero-order chi connectivity index (χ0) is 14.3. The van der Waals surface area contributed by atoms with Gasteiger partial charge in [0.15, 0.2) is 0 Å². The monoisotopic (exact) mass is 269 g/mol. The number of esters is 1. The van der Waals surface area contributed by atoms with Crippen LogP contribution in [0.15, 0.2) is 6.20 Å². The van der Waals surface area contributed by atoms with Gasteiger partial charge in [0.05, 0.1) is 19.8 Å². The number of anilines is 1. The van der Waals surface area contributed by atoms with E-state index in [-0.39, 0.29) is 6.10 Å². The highest BCUT2D eigenvalue weighted by atomic mass is 16.5. The minimum atomic E-state index is -0.483. The molecule has 106 valence electrons. The van der Waals surface area contributed by atoms with Crippen molar-refractivity contribution >= 4 is 11.8 Å². The molecule has 19 heavy (non-hydrogen) atoms. The SMILES string of the molecule is COCC(CNc1nc(C)ncc1C(=O)OC)OC. The van der Waals surface area contributed by atoms with Gasteiger partial charge in [-0.1, -0.05) is 0 Å². The maximum Gasteiger partial charge on any atom is 0.343 e. The zero-order valence-electron chi connectivity index (χ0n) is 11.6. The maximum absolute atomic E-state index is 11.6. The number of aryl methyl sites for hydroxylation is 1. The third-order valence-corrected chi connectivity index (χ3v) is 2.50. The molecule has 1 N–H and O–H groups in total. The molecule has 1 aromatic rings. The molecule has 7 heteroatoms. The van der Waals surface area contributed by atoms with E-state index < -0.39 is 5.97 Å². The van der Waals surface area contributed by atoms with Crippen LogP contribution < -0.4 is 5.32 Å². The number of hydrogen-bond donors (Lipinski definition) is 1. The van der Waals surface area contributed by atoms with Crippen LogP contribution in [0.25, 0.3) is 0 Å². The predicted molar refractivity (Wildman–Crippen MR) is 69.3 cm³/mol. The zero-order valence-corrected chi connectivity index (χ0v) is 11.6. The third kappa shape index (κ3) is 4.46.